The van der Waals surface area contributed by atoms with Gasteiger partial charge in [-0.2, -0.15) is 0 Å². The highest BCUT2D eigenvalue weighted by Crippen LogP contribution is 1.94. The monoisotopic (exact) mass is 245 g/mol. The lowest BCUT2D eigenvalue weighted by Gasteiger charge is -2.29. The lowest BCUT2D eigenvalue weighted by atomic mass is 10.3. The number of piperazine rings is 1. The van der Waals surface area contributed by atoms with Crippen molar-refractivity contribution in [1.29, 1.82) is 0 Å². The average Bonchev–Trinajstić information content (AvgIpc) is 2.40. The summed E-state index contributed by atoms with van der Waals surface area (Å²) in [5.41, 5.74) is 0. The first-order chi connectivity index (χ1) is 8.24. The topological polar surface area (TPSA) is 35.6 Å². The van der Waals surface area contributed by atoms with E-state index in [4.69, 9.17) is 0 Å². The minimum Gasteiger partial charge on any atom is -0.343 e. The molecule has 0 atom stereocenters. The van der Waals surface area contributed by atoms with Crippen LogP contribution in [0.5, 0.6) is 0 Å². The highest BCUT2D eigenvalue weighted by atomic mass is 16.1. The van der Waals surface area contributed by atoms with E-state index in [1.807, 2.05) is 20.9 Å². The largest absolute Gasteiger partial charge is 0.343 e. The van der Waals surface area contributed by atoms with Crippen LogP contribution in [-0.2, 0) is 4.79 Å². The second kappa shape index (κ2) is 15.4. The van der Waals surface area contributed by atoms with Crippen LogP contribution in [0, 0.1) is 0 Å². The third kappa shape index (κ3) is 13.3. The summed E-state index contributed by atoms with van der Waals surface area (Å²) in [5.74, 6) is 0. The van der Waals surface area contributed by atoms with Crippen LogP contribution >= 0.6 is 0 Å². The zero-order valence-corrected chi connectivity index (χ0v) is 12.3. The smallest absolute Gasteiger partial charge is 0.209 e. The fraction of sp³-hybridized carbons (Fsp3) is 0.923. The summed E-state index contributed by atoms with van der Waals surface area (Å²) in [6, 6.07) is 0. The normalized spacial score (nSPS) is 15.2. The number of carbonyl (C=O) groups excluding carboxylic acids is 1. The van der Waals surface area contributed by atoms with Crippen molar-refractivity contribution < 1.29 is 4.79 Å². The molecule has 0 aromatic heterocycles. The van der Waals surface area contributed by atoms with Crippen molar-refractivity contribution in [3.8, 4) is 0 Å². The van der Waals surface area contributed by atoms with E-state index in [1.54, 1.807) is 4.90 Å². The van der Waals surface area contributed by atoms with E-state index < -0.39 is 0 Å². The molecule has 1 aliphatic rings. The van der Waals surface area contributed by atoms with Gasteiger partial charge in [0.15, 0.2) is 0 Å². The Bertz CT molecular complexity index is 142. The minimum absolute atomic E-state index is 0.889. The number of likely N-dealkylation sites (N-methyl/N-ethyl adjacent to an activating group) is 1. The lowest BCUT2D eigenvalue weighted by Crippen LogP contribution is -2.43. The van der Waals surface area contributed by atoms with E-state index in [0.29, 0.717) is 0 Å². The van der Waals surface area contributed by atoms with E-state index >= 15 is 0 Å². The molecule has 17 heavy (non-hydrogen) atoms. The van der Waals surface area contributed by atoms with Crippen molar-refractivity contribution in [3.63, 3.8) is 0 Å². The molecule has 1 rings (SSSR count). The third-order valence-electron chi connectivity index (χ3n) is 2.47. The van der Waals surface area contributed by atoms with Crippen LogP contribution in [0.25, 0.3) is 0 Å². The molecule has 0 spiro atoms. The lowest BCUT2D eigenvalue weighted by molar-refractivity contribution is -0.119. The van der Waals surface area contributed by atoms with Gasteiger partial charge in [-0.25, -0.2) is 0 Å². The summed E-state index contributed by atoms with van der Waals surface area (Å²) in [5, 5.41) is 3.07. The molecule has 104 valence electrons. The second-order valence-corrected chi connectivity index (χ2v) is 3.90. The molecule has 4 heteroatoms. The molecule has 1 fully saturated rings. The molecule has 0 saturated carbocycles. The van der Waals surface area contributed by atoms with Gasteiger partial charge >= 0.3 is 0 Å². The Balaban J connectivity index is 0. The summed E-state index contributed by atoms with van der Waals surface area (Å²) in [6.07, 6.45) is 3.52. The Morgan fingerprint density at radius 3 is 2.00 bits per heavy atom. The van der Waals surface area contributed by atoms with Crippen LogP contribution in [0.1, 0.15) is 33.6 Å². The molecular formula is C13H31N3O. The molecule has 0 aliphatic carbocycles. The molecule has 0 bridgehead atoms. The van der Waals surface area contributed by atoms with Gasteiger partial charge in [-0.05, 0) is 27.1 Å². The zero-order chi connectivity index (χ0) is 13.5. The van der Waals surface area contributed by atoms with Crippen molar-refractivity contribution in [1.82, 2.24) is 15.1 Å². The van der Waals surface area contributed by atoms with Gasteiger partial charge in [0.25, 0.3) is 0 Å². The van der Waals surface area contributed by atoms with Crippen molar-refractivity contribution >= 4 is 6.41 Å². The highest BCUT2D eigenvalue weighted by molar-refractivity contribution is 5.47. The SMILES string of the molecule is CC.CCCCNC.CN1CCN(C=O)CC1. The average molecular weight is 245 g/mol. The van der Waals surface area contributed by atoms with E-state index in [2.05, 4.69) is 24.2 Å². The first-order valence-corrected chi connectivity index (χ1v) is 6.77. The van der Waals surface area contributed by atoms with Crippen LogP contribution in [0.4, 0.5) is 0 Å². The van der Waals surface area contributed by atoms with Crippen molar-refractivity contribution in [2.75, 3.05) is 46.8 Å². The van der Waals surface area contributed by atoms with Gasteiger partial charge in [0.2, 0.25) is 6.41 Å². The summed E-state index contributed by atoms with van der Waals surface area (Å²) >= 11 is 0. The second-order valence-electron chi connectivity index (χ2n) is 3.90. The third-order valence-corrected chi connectivity index (χ3v) is 2.47. The van der Waals surface area contributed by atoms with E-state index in [9.17, 15) is 4.79 Å². The Morgan fingerprint density at radius 2 is 1.71 bits per heavy atom. The summed E-state index contributed by atoms with van der Waals surface area (Å²) in [6.45, 7) is 11.2. The van der Waals surface area contributed by atoms with Gasteiger partial charge < -0.3 is 15.1 Å². The molecule has 0 aromatic carbocycles. The van der Waals surface area contributed by atoms with Gasteiger partial charge in [-0.3, -0.25) is 4.79 Å². The van der Waals surface area contributed by atoms with Gasteiger partial charge in [0.1, 0.15) is 0 Å². The Hall–Kier alpha value is -0.610. The first-order valence-electron chi connectivity index (χ1n) is 6.77. The van der Waals surface area contributed by atoms with Gasteiger partial charge in [0, 0.05) is 26.2 Å². The van der Waals surface area contributed by atoms with Gasteiger partial charge in [-0.15, -0.1) is 0 Å². The Labute approximate surface area is 107 Å². The maximum atomic E-state index is 10.2. The number of nitrogens with zero attached hydrogens (tertiary/aromatic N) is 2. The summed E-state index contributed by atoms with van der Waals surface area (Å²) in [7, 11) is 4.05. The fourth-order valence-electron chi connectivity index (χ4n) is 1.28. The molecule has 1 aliphatic heterocycles. The maximum absolute atomic E-state index is 10.2. The number of nitrogens with one attached hydrogen (secondary N) is 1. The number of unbranched alkanes of at least 4 members (excludes halogenated alkanes) is 1. The quantitative estimate of drug-likeness (QED) is 0.601. The molecule has 0 aromatic rings. The van der Waals surface area contributed by atoms with Crippen molar-refractivity contribution in [2.45, 2.75) is 33.6 Å². The maximum Gasteiger partial charge on any atom is 0.209 e. The number of amides is 1. The van der Waals surface area contributed by atoms with Crippen LogP contribution in [0.15, 0.2) is 0 Å². The predicted octanol–water partition coefficient (Wildman–Crippen LogP) is 1.42. The van der Waals surface area contributed by atoms with Crippen LogP contribution in [0.2, 0.25) is 0 Å². The van der Waals surface area contributed by atoms with Crippen LogP contribution in [-0.4, -0.2) is 63.0 Å². The van der Waals surface area contributed by atoms with Crippen molar-refractivity contribution in [3.05, 3.63) is 0 Å². The van der Waals surface area contributed by atoms with Gasteiger partial charge in [0.05, 0.1) is 0 Å². The molecule has 1 N–H and O–H groups in total. The standard InChI is InChI=1S/C6H12N2O.C5H13N.C2H6/c1-7-2-4-8(6-9)5-3-7;1-3-4-5-6-2;1-2/h6H,2-5H2,1H3;6H,3-5H2,1-2H3;1-2H3. The highest BCUT2D eigenvalue weighted by Gasteiger charge is 2.10. The predicted molar refractivity (Wildman–Crippen MR) is 75.3 cm³/mol. The Morgan fingerprint density at radius 1 is 1.18 bits per heavy atom. The molecule has 0 unspecified atom stereocenters. The van der Waals surface area contributed by atoms with E-state index in [0.717, 1.165) is 39.1 Å². The van der Waals surface area contributed by atoms with Crippen LogP contribution < -0.4 is 5.32 Å². The molecule has 0 radical (unpaired) electrons. The number of rotatable bonds is 4. The minimum atomic E-state index is 0.889. The molecule has 1 heterocycles. The number of hydrogen-bond donors (Lipinski definition) is 1. The number of hydrogen-bond acceptors (Lipinski definition) is 3. The fourth-order valence-corrected chi connectivity index (χ4v) is 1.28. The summed E-state index contributed by atoms with van der Waals surface area (Å²) < 4.78 is 0. The number of carbonyl (C=O) groups is 1. The molecular weight excluding hydrogens is 214 g/mol. The Kier molecular flexibility index (Phi) is 17.0. The van der Waals surface area contributed by atoms with E-state index in [-0.39, 0.29) is 0 Å². The van der Waals surface area contributed by atoms with Crippen molar-refractivity contribution in [2.24, 2.45) is 0 Å². The van der Waals surface area contributed by atoms with Crippen LogP contribution in [0.3, 0.4) is 0 Å². The first kappa shape index (κ1) is 18.7. The van der Waals surface area contributed by atoms with Gasteiger partial charge in [-0.1, -0.05) is 27.2 Å². The zero-order valence-electron chi connectivity index (χ0n) is 12.3. The molecule has 4 nitrogen and oxygen atoms in total. The molecule has 1 saturated heterocycles. The van der Waals surface area contributed by atoms with E-state index in [1.165, 1.54) is 12.8 Å². The summed E-state index contributed by atoms with van der Waals surface area (Å²) in [4.78, 5) is 14.2. The molecule has 1 amide bonds.